The summed E-state index contributed by atoms with van der Waals surface area (Å²) in [5.41, 5.74) is 0.386. The molecule has 1 atom stereocenters. The number of nitrogens with one attached hydrogen (secondary N) is 1. The molecule has 1 rings (SSSR count). The van der Waals surface area contributed by atoms with Crippen LogP contribution < -0.4 is 10.2 Å². The highest BCUT2D eigenvalue weighted by molar-refractivity contribution is 7.89. The molecule has 0 aliphatic heterocycles. The van der Waals surface area contributed by atoms with Crippen LogP contribution in [0.15, 0.2) is 29.2 Å². The molecule has 0 aliphatic rings. The van der Waals surface area contributed by atoms with Gasteiger partial charge in [-0.05, 0) is 17.6 Å². The van der Waals surface area contributed by atoms with E-state index in [4.69, 9.17) is 10.0 Å². The molecule has 0 spiro atoms. The molecule has 0 bridgehead atoms. The predicted octanol–water partition coefficient (Wildman–Crippen LogP) is -1.39. The van der Waals surface area contributed by atoms with E-state index < -0.39 is 18.5 Å². The van der Waals surface area contributed by atoms with Gasteiger partial charge in [-0.1, -0.05) is 12.1 Å². The van der Waals surface area contributed by atoms with E-state index in [0.29, 0.717) is 10.4 Å². The fourth-order valence-electron chi connectivity index (χ4n) is 0.881. The van der Waals surface area contributed by atoms with Gasteiger partial charge in [0.25, 0.3) is 0 Å². The van der Waals surface area contributed by atoms with E-state index in [1.165, 1.54) is 12.1 Å². The molecular formula is C7H10BNO3S. The van der Waals surface area contributed by atoms with Crippen LogP contribution in [-0.4, -0.2) is 28.8 Å². The maximum Gasteiger partial charge on any atom is 0.488 e. The third kappa shape index (κ3) is 2.72. The van der Waals surface area contributed by atoms with Crippen LogP contribution in [0.3, 0.4) is 0 Å². The summed E-state index contributed by atoms with van der Waals surface area (Å²) in [6, 6.07) is 6.22. The van der Waals surface area contributed by atoms with Gasteiger partial charge in [0.05, 0.1) is 11.4 Å². The molecule has 70 valence electrons. The minimum Gasteiger partial charge on any atom is -0.593 e. The molecule has 13 heavy (non-hydrogen) atoms. The maximum absolute atomic E-state index is 11.2. The summed E-state index contributed by atoms with van der Waals surface area (Å²) in [7, 11) is 0.113. The van der Waals surface area contributed by atoms with Gasteiger partial charge in [0.2, 0.25) is 0 Å². The van der Waals surface area contributed by atoms with Crippen molar-refractivity contribution in [1.82, 2.24) is 4.72 Å². The van der Waals surface area contributed by atoms with Crippen molar-refractivity contribution in [3.8, 4) is 0 Å². The Morgan fingerprint density at radius 2 is 1.85 bits per heavy atom. The van der Waals surface area contributed by atoms with Gasteiger partial charge in [0.1, 0.15) is 0 Å². The highest BCUT2D eigenvalue weighted by Gasteiger charge is 2.13. The van der Waals surface area contributed by atoms with Crippen molar-refractivity contribution in [1.29, 1.82) is 0 Å². The van der Waals surface area contributed by atoms with E-state index in [-0.39, 0.29) is 0 Å². The zero-order chi connectivity index (χ0) is 9.84. The van der Waals surface area contributed by atoms with Crippen LogP contribution in [0.25, 0.3) is 0 Å². The normalized spacial score (nSPS) is 12.6. The Hall–Kier alpha value is -0.525. The van der Waals surface area contributed by atoms with Gasteiger partial charge in [-0.2, -0.15) is 0 Å². The first kappa shape index (κ1) is 10.6. The average Bonchev–Trinajstić information content (AvgIpc) is 2.17. The standard InChI is InChI=1S/C7H10BNO3S/c1-9-13(12)7-4-2-6(3-5-7)8(10)11/h2-5,9-11H,1H3. The Morgan fingerprint density at radius 1 is 1.31 bits per heavy atom. The zero-order valence-electron chi connectivity index (χ0n) is 7.10. The highest BCUT2D eigenvalue weighted by atomic mass is 32.2. The molecule has 0 saturated carbocycles. The molecular weight excluding hydrogens is 189 g/mol. The highest BCUT2D eigenvalue weighted by Crippen LogP contribution is 2.05. The fourth-order valence-corrected chi connectivity index (χ4v) is 1.50. The van der Waals surface area contributed by atoms with Crippen LogP contribution >= 0.6 is 0 Å². The second kappa shape index (κ2) is 4.64. The van der Waals surface area contributed by atoms with Crippen LogP contribution in [-0.2, 0) is 11.4 Å². The van der Waals surface area contributed by atoms with Crippen LogP contribution in [0.4, 0.5) is 0 Å². The molecule has 0 fully saturated rings. The number of hydrogen-bond donors (Lipinski definition) is 3. The minimum absolute atomic E-state index is 0.386. The molecule has 1 aromatic rings. The summed E-state index contributed by atoms with van der Waals surface area (Å²) in [5, 5.41) is 17.5. The van der Waals surface area contributed by atoms with Crippen LogP contribution in [0.2, 0.25) is 0 Å². The molecule has 0 aromatic heterocycles. The molecule has 1 aromatic carbocycles. The lowest BCUT2D eigenvalue weighted by Gasteiger charge is -2.07. The van der Waals surface area contributed by atoms with Crippen LogP contribution in [0, 0.1) is 0 Å². The first-order valence-corrected chi connectivity index (χ1v) is 4.85. The van der Waals surface area contributed by atoms with Gasteiger partial charge in [-0.3, -0.25) is 0 Å². The van der Waals surface area contributed by atoms with E-state index in [2.05, 4.69) is 4.72 Å². The predicted molar refractivity (Wildman–Crippen MR) is 51.7 cm³/mol. The van der Waals surface area contributed by atoms with Crippen molar-refractivity contribution in [3.63, 3.8) is 0 Å². The first-order chi connectivity index (χ1) is 6.15. The van der Waals surface area contributed by atoms with E-state index in [9.17, 15) is 4.55 Å². The van der Waals surface area contributed by atoms with Crippen molar-refractivity contribution in [2.24, 2.45) is 0 Å². The summed E-state index contributed by atoms with van der Waals surface area (Å²) >= 11 is -1.23. The molecule has 0 radical (unpaired) electrons. The Morgan fingerprint density at radius 3 is 2.23 bits per heavy atom. The van der Waals surface area contributed by atoms with Crippen molar-refractivity contribution < 1.29 is 14.6 Å². The fraction of sp³-hybridized carbons (Fsp3) is 0.143. The van der Waals surface area contributed by atoms with Crippen molar-refractivity contribution in [3.05, 3.63) is 24.3 Å². The molecule has 3 N–H and O–H groups in total. The van der Waals surface area contributed by atoms with Crippen molar-refractivity contribution >= 4 is 23.9 Å². The summed E-state index contributed by atoms with van der Waals surface area (Å²) in [5.74, 6) is 0. The number of benzene rings is 1. The molecule has 0 amide bonds. The topological polar surface area (TPSA) is 75.5 Å². The van der Waals surface area contributed by atoms with Gasteiger partial charge in [-0.15, -0.1) is 4.72 Å². The van der Waals surface area contributed by atoms with Crippen LogP contribution in [0.5, 0.6) is 0 Å². The number of hydrogen-bond acceptors (Lipinski definition) is 4. The van der Waals surface area contributed by atoms with Gasteiger partial charge in [0.15, 0.2) is 4.90 Å². The van der Waals surface area contributed by atoms with E-state index in [1.54, 1.807) is 19.2 Å². The van der Waals surface area contributed by atoms with E-state index >= 15 is 0 Å². The summed E-state index contributed by atoms with van der Waals surface area (Å²) < 4.78 is 13.7. The second-order valence-corrected chi connectivity index (χ2v) is 3.83. The lowest BCUT2D eigenvalue weighted by atomic mass is 9.81. The summed E-state index contributed by atoms with van der Waals surface area (Å²) in [6.45, 7) is 0. The summed E-state index contributed by atoms with van der Waals surface area (Å²) in [6.07, 6.45) is 0. The lowest BCUT2D eigenvalue weighted by Crippen LogP contribution is -2.30. The second-order valence-electron chi connectivity index (χ2n) is 2.42. The molecule has 4 nitrogen and oxygen atoms in total. The number of rotatable bonds is 3. The van der Waals surface area contributed by atoms with Gasteiger partial charge < -0.3 is 14.6 Å². The van der Waals surface area contributed by atoms with E-state index in [0.717, 1.165) is 0 Å². The Bertz CT molecular complexity index is 267. The monoisotopic (exact) mass is 199 g/mol. The third-order valence-electron chi connectivity index (χ3n) is 1.58. The van der Waals surface area contributed by atoms with Crippen molar-refractivity contribution in [2.45, 2.75) is 4.90 Å². The Kier molecular flexibility index (Phi) is 3.77. The summed E-state index contributed by atoms with van der Waals surface area (Å²) in [4.78, 5) is 0.604. The quantitative estimate of drug-likeness (QED) is 0.413. The molecule has 0 heterocycles. The molecule has 0 aliphatic carbocycles. The van der Waals surface area contributed by atoms with Crippen molar-refractivity contribution in [2.75, 3.05) is 7.05 Å². The lowest BCUT2D eigenvalue weighted by molar-refractivity contribution is 0.425. The maximum atomic E-state index is 11.2. The molecule has 6 heteroatoms. The Labute approximate surface area is 80.1 Å². The smallest absolute Gasteiger partial charge is 0.488 e. The minimum atomic E-state index is -1.47. The van der Waals surface area contributed by atoms with Gasteiger partial charge >= 0.3 is 7.12 Å². The van der Waals surface area contributed by atoms with Gasteiger partial charge in [0, 0.05) is 7.05 Å². The first-order valence-electron chi connectivity index (χ1n) is 3.70. The zero-order valence-corrected chi connectivity index (χ0v) is 7.91. The SMILES string of the molecule is CN[S+]([O-])c1ccc(B(O)O)cc1. The largest absolute Gasteiger partial charge is 0.593 e. The van der Waals surface area contributed by atoms with Crippen LogP contribution in [0.1, 0.15) is 0 Å². The Balaban J connectivity index is 2.81. The third-order valence-corrected chi connectivity index (χ3v) is 2.65. The van der Waals surface area contributed by atoms with Gasteiger partial charge in [-0.25, -0.2) is 0 Å². The average molecular weight is 199 g/mol. The molecule has 1 unspecified atom stereocenters. The van der Waals surface area contributed by atoms with E-state index in [1.807, 2.05) is 0 Å². The molecule has 0 saturated heterocycles.